The summed E-state index contributed by atoms with van der Waals surface area (Å²) >= 11 is 0. The zero-order chi connectivity index (χ0) is 11.8. The minimum absolute atomic E-state index is 0.312. The average Bonchev–Trinajstić information content (AvgIpc) is 2.61. The molecule has 1 heterocycles. The molecule has 0 fully saturated rings. The molecule has 2 rings (SSSR count). The van der Waals surface area contributed by atoms with E-state index in [0.717, 1.165) is 0 Å². The molecule has 1 aromatic heterocycles. The normalized spacial score (nSPS) is 15.2. The maximum Gasteiger partial charge on any atom is 0.137 e. The van der Waals surface area contributed by atoms with Gasteiger partial charge in [0, 0.05) is 11.9 Å². The molecule has 1 atom stereocenters. The zero-order valence-corrected chi connectivity index (χ0v) is 9.25. The summed E-state index contributed by atoms with van der Waals surface area (Å²) in [6, 6.07) is 5.94. The van der Waals surface area contributed by atoms with Crippen LogP contribution in [0.3, 0.4) is 0 Å². The van der Waals surface area contributed by atoms with Crippen LogP contribution in [0.25, 0.3) is 11.0 Å². The Morgan fingerprint density at radius 2 is 2.19 bits per heavy atom. The third-order valence-corrected chi connectivity index (χ3v) is 2.53. The van der Waals surface area contributed by atoms with Crippen LogP contribution in [0.4, 0.5) is 4.39 Å². The fourth-order valence-electron chi connectivity index (χ4n) is 1.71. The smallest absolute Gasteiger partial charge is 0.137 e. The van der Waals surface area contributed by atoms with Crippen LogP contribution in [0.1, 0.15) is 12.7 Å². The standard InChI is InChI=1S/C12H14FNO2/c1-12(15,7-14-2)11-6-8-5-9(13)3-4-10(8)16-11/h3-6,14-15H,7H2,1-2H3. The summed E-state index contributed by atoms with van der Waals surface area (Å²) in [6.45, 7) is 2.02. The van der Waals surface area contributed by atoms with Crippen LogP contribution in [-0.2, 0) is 5.60 Å². The molecule has 0 radical (unpaired) electrons. The molecule has 86 valence electrons. The number of benzene rings is 1. The van der Waals surface area contributed by atoms with Crippen molar-refractivity contribution in [2.24, 2.45) is 0 Å². The molecule has 0 amide bonds. The van der Waals surface area contributed by atoms with Crippen molar-refractivity contribution in [2.75, 3.05) is 13.6 Å². The summed E-state index contributed by atoms with van der Waals surface area (Å²) in [5.41, 5.74) is -0.516. The Morgan fingerprint density at radius 1 is 1.44 bits per heavy atom. The van der Waals surface area contributed by atoms with Gasteiger partial charge in [0.15, 0.2) is 0 Å². The number of fused-ring (bicyclic) bond motifs is 1. The first kappa shape index (κ1) is 11.1. The highest BCUT2D eigenvalue weighted by Crippen LogP contribution is 2.27. The molecule has 1 unspecified atom stereocenters. The van der Waals surface area contributed by atoms with Gasteiger partial charge in [-0.05, 0) is 38.2 Å². The summed E-state index contributed by atoms with van der Waals surface area (Å²) in [7, 11) is 1.75. The van der Waals surface area contributed by atoms with Crippen LogP contribution in [0.5, 0.6) is 0 Å². The molecule has 16 heavy (non-hydrogen) atoms. The molecule has 0 aliphatic heterocycles. The minimum Gasteiger partial charge on any atom is -0.458 e. The predicted octanol–water partition coefficient (Wildman–Crippen LogP) is 2.00. The molecule has 2 aromatic rings. The van der Waals surface area contributed by atoms with E-state index in [4.69, 9.17) is 4.42 Å². The van der Waals surface area contributed by atoms with Gasteiger partial charge >= 0.3 is 0 Å². The van der Waals surface area contributed by atoms with Crippen molar-refractivity contribution in [3.05, 3.63) is 35.8 Å². The van der Waals surface area contributed by atoms with E-state index in [1.807, 2.05) is 0 Å². The molecule has 1 aromatic carbocycles. The van der Waals surface area contributed by atoms with Gasteiger partial charge in [-0.25, -0.2) is 4.39 Å². The van der Waals surface area contributed by atoms with Crippen LogP contribution in [0.15, 0.2) is 28.7 Å². The summed E-state index contributed by atoms with van der Waals surface area (Å²) in [4.78, 5) is 0. The van der Waals surface area contributed by atoms with Crippen molar-refractivity contribution in [3.8, 4) is 0 Å². The Balaban J connectivity index is 2.46. The molecule has 4 heteroatoms. The number of nitrogens with one attached hydrogen (secondary N) is 1. The van der Waals surface area contributed by atoms with Gasteiger partial charge in [-0.2, -0.15) is 0 Å². The van der Waals surface area contributed by atoms with Crippen LogP contribution in [0.2, 0.25) is 0 Å². The highest BCUT2D eigenvalue weighted by atomic mass is 19.1. The SMILES string of the molecule is CNCC(C)(O)c1cc2cc(F)ccc2o1. The van der Waals surface area contributed by atoms with E-state index in [9.17, 15) is 9.50 Å². The largest absolute Gasteiger partial charge is 0.458 e. The third kappa shape index (κ3) is 1.94. The minimum atomic E-state index is -1.09. The molecular weight excluding hydrogens is 209 g/mol. The van der Waals surface area contributed by atoms with Gasteiger partial charge in [0.2, 0.25) is 0 Å². The first-order valence-corrected chi connectivity index (χ1v) is 5.09. The molecule has 2 N–H and O–H groups in total. The van der Waals surface area contributed by atoms with E-state index >= 15 is 0 Å². The van der Waals surface area contributed by atoms with Crippen molar-refractivity contribution >= 4 is 11.0 Å². The van der Waals surface area contributed by atoms with Gasteiger partial charge in [-0.3, -0.25) is 0 Å². The van der Waals surface area contributed by atoms with E-state index in [0.29, 0.717) is 23.3 Å². The second kappa shape index (κ2) is 3.88. The first-order chi connectivity index (χ1) is 7.53. The van der Waals surface area contributed by atoms with Gasteiger partial charge in [-0.15, -0.1) is 0 Å². The van der Waals surface area contributed by atoms with E-state index in [1.165, 1.54) is 12.1 Å². The second-order valence-electron chi connectivity index (χ2n) is 4.10. The lowest BCUT2D eigenvalue weighted by Gasteiger charge is -2.19. The molecule has 0 saturated heterocycles. The highest BCUT2D eigenvalue weighted by molar-refractivity contribution is 5.78. The fourth-order valence-corrected chi connectivity index (χ4v) is 1.71. The number of hydrogen-bond donors (Lipinski definition) is 2. The van der Waals surface area contributed by atoms with Crippen molar-refractivity contribution in [1.29, 1.82) is 0 Å². The number of hydrogen-bond acceptors (Lipinski definition) is 3. The van der Waals surface area contributed by atoms with Crippen molar-refractivity contribution in [1.82, 2.24) is 5.32 Å². The maximum atomic E-state index is 13.0. The lowest BCUT2D eigenvalue weighted by Crippen LogP contribution is -2.32. The van der Waals surface area contributed by atoms with E-state index < -0.39 is 5.60 Å². The third-order valence-electron chi connectivity index (χ3n) is 2.53. The van der Waals surface area contributed by atoms with Gasteiger partial charge in [0.25, 0.3) is 0 Å². The van der Waals surface area contributed by atoms with Crippen molar-refractivity contribution in [3.63, 3.8) is 0 Å². The number of furan rings is 1. The fraction of sp³-hybridized carbons (Fsp3) is 0.333. The van der Waals surface area contributed by atoms with Crippen LogP contribution >= 0.6 is 0 Å². The average molecular weight is 223 g/mol. The lowest BCUT2D eigenvalue weighted by atomic mass is 10.0. The Hall–Kier alpha value is -1.39. The number of aliphatic hydroxyl groups is 1. The van der Waals surface area contributed by atoms with Gasteiger partial charge in [-0.1, -0.05) is 0 Å². The number of halogens is 1. The number of rotatable bonds is 3. The maximum absolute atomic E-state index is 13.0. The zero-order valence-electron chi connectivity index (χ0n) is 9.25. The Kier molecular flexibility index (Phi) is 2.69. The molecule has 0 saturated carbocycles. The molecule has 0 bridgehead atoms. The Morgan fingerprint density at radius 3 is 2.88 bits per heavy atom. The summed E-state index contributed by atoms with van der Waals surface area (Å²) < 4.78 is 18.5. The Labute approximate surface area is 92.9 Å². The van der Waals surface area contributed by atoms with Gasteiger partial charge < -0.3 is 14.8 Å². The van der Waals surface area contributed by atoms with Crippen LogP contribution in [0, 0.1) is 5.82 Å². The van der Waals surface area contributed by atoms with E-state index in [2.05, 4.69) is 5.32 Å². The summed E-state index contributed by atoms with van der Waals surface area (Å²) in [6.07, 6.45) is 0. The topological polar surface area (TPSA) is 45.4 Å². The summed E-state index contributed by atoms with van der Waals surface area (Å²) in [5.74, 6) is 0.121. The van der Waals surface area contributed by atoms with Crippen molar-refractivity contribution < 1.29 is 13.9 Å². The molecule has 3 nitrogen and oxygen atoms in total. The molecule has 0 aliphatic carbocycles. The molecule has 0 aliphatic rings. The molecule has 0 spiro atoms. The first-order valence-electron chi connectivity index (χ1n) is 5.09. The lowest BCUT2D eigenvalue weighted by molar-refractivity contribution is 0.0378. The van der Waals surface area contributed by atoms with E-state index in [1.54, 1.807) is 26.1 Å². The monoisotopic (exact) mass is 223 g/mol. The van der Waals surface area contributed by atoms with Gasteiger partial charge in [0.05, 0.1) is 0 Å². The highest BCUT2D eigenvalue weighted by Gasteiger charge is 2.26. The quantitative estimate of drug-likeness (QED) is 0.836. The van der Waals surface area contributed by atoms with E-state index in [-0.39, 0.29) is 5.82 Å². The van der Waals surface area contributed by atoms with Crippen molar-refractivity contribution in [2.45, 2.75) is 12.5 Å². The molecular formula is C12H14FNO2. The number of likely N-dealkylation sites (N-methyl/N-ethyl adjacent to an activating group) is 1. The second-order valence-corrected chi connectivity index (χ2v) is 4.10. The summed E-state index contributed by atoms with van der Waals surface area (Å²) in [5, 5.41) is 13.6. The Bertz CT molecular complexity index is 505. The predicted molar refractivity (Wildman–Crippen MR) is 59.7 cm³/mol. The van der Waals surface area contributed by atoms with Gasteiger partial charge in [0.1, 0.15) is 22.8 Å². The van der Waals surface area contributed by atoms with Crippen LogP contribution < -0.4 is 5.32 Å². The van der Waals surface area contributed by atoms with Crippen LogP contribution in [-0.4, -0.2) is 18.7 Å².